The molecule has 2 rings (SSSR count). The van der Waals surface area contributed by atoms with E-state index in [2.05, 4.69) is 15.5 Å². The van der Waals surface area contributed by atoms with E-state index in [1.165, 1.54) is 0 Å². The minimum absolute atomic E-state index is 0.0224. The quantitative estimate of drug-likeness (QED) is 0.909. The van der Waals surface area contributed by atoms with E-state index < -0.39 is 0 Å². The Labute approximate surface area is 118 Å². The van der Waals surface area contributed by atoms with Gasteiger partial charge in [0.1, 0.15) is 0 Å². The summed E-state index contributed by atoms with van der Waals surface area (Å²) in [6.45, 7) is 5.82. The number of nitrogens with one attached hydrogen (secondary N) is 1. The highest BCUT2D eigenvalue weighted by Gasteiger charge is 2.11. The first-order chi connectivity index (χ1) is 9.54. The molecule has 1 aromatic carbocycles. The van der Waals surface area contributed by atoms with Crippen molar-refractivity contribution in [3.63, 3.8) is 0 Å². The van der Waals surface area contributed by atoms with E-state index in [9.17, 15) is 4.79 Å². The normalized spacial score (nSPS) is 10.8. The van der Waals surface area contributed by atoms with Crippen LogP contribution in [0.4, 0.5) is 5.69 Å². The molecule has 0 atom stereocenters. The highest BCUT2D eigenvalue weighted by Crippen LogP contribution is 2.19. The van der Waals surface area contributed by atoms with Crippen molar-refractivity contribution in [2.24, 2.45) is 5.92 Å². The monoisotopic (exact) mass is 273 g/mol. The SMILES string of the molecule is Cc1noc(Cc2ccccc2NC(=O)CC(C)C)n1. The maximum atomic E-state index is 11.9. The van der Waals surface area contributed by atoms with E-state index in [1.54, 1.807) is 6.92 Å². The summed E-state index contributed by atoms with van der Waals surface area (Å²) >= 11 is 0. The molecule has 5 nitrogen and oxygen atoms in total. The van der Waals surface area contributed by atoms with Crippen LogP contribution in [-0.4, -0.2) is 16.0 Å². The maximum Gasteiger partial charge on any atom is 0.231 e. The molecule has 20 heavy (non-hydrogen) atoms. The van der Waals surface area contributed by atoms with Gasteiger partial charge in [0.15, 0.2) is 5.82 Å². The van der Waals surface area contributed by atoms with Gasteiger partial charge in [0, 0.05) is 12.1 Å². The highest BCUT2D eigenvalue weighted by atomic mass is 16.5. The molecule has 1 aromatic heterocycles. The Morgan fingerprint density at radius 2 is 2.10 bits per heavy atom. The molecule has 0 aliphatic rings. The number of nitrogens with zero attached hydrogens (tertiary/aromatic N) is 2. The van der Waals surface area contributed by atoms with Gasteiger partial charge < -0.3 is 9.84 Å². The zero-order valence-electron chi connectivity index (χ0n) is 12.0. The van der Waals surface area contributed by atoms with Crippen molar-refractivity contribution in [3.8, 4) is 0 Å². The summed E-state index contributed by atoms with van der Waals surface area (Å²) in [6.07, 6.45) is 1.02. The number of amides is 1. The minimum atomic E-state index is 0.0224. The van der Waals surface area contributed by atoms with Crippen molar-refractivity contribution in [1.82, 2.24) is 10.1 Å². The van der Waals surface area contributed by atoms with E-state index in [-0.39, 0.29) is 5.91 Å². The van der Waals surface area contributed by atoms with Crippen LogP contribution in [0.15, 0.2) is 28.8 Å². The second-order valence-electron chi connectivity index (χ2n) is 5.22. The van der Waals surface area contributed by atoms with E-state index in [4.69, 9.17) is 4.52 Å². The summed E-state index contributed by atoms with van der Waals surface area (Å²) in [4.78, 5) is 16.1. The highest BCUT2D eigenvalue weighted by molar-refractivity contribution is 5.91. The predicted octanol–water partition coefficient (Wildman–Crippen LogP) is 2.95. The smallest absolute Gasteiger partial charge is 0.231 e. The number of rotatable bonds is 5. The van der Waals surface area contributed by atoms with Crippen molar-refractivity contribution >= 4 is 11.6 Å². The minimum Gasteiger partial charge on any atom is -0.339 e. The molecule has 5 heteroatoms. The summed E-state index contributed by atoms with van der Waals surface area (Å²) < 4.78 is 5.12. The fourth-order valence-electron chi connectivity index (χ4n) is 1.94. The van der Waals surface area contributed by atoms with Crippen LogP contribution in [-0.2, 0) is 11.2 Å². The Morgan fingerprint density at radius 3 is 2.75 bits per heavy atom. The van der Waals surface area contributed by atoms with Crippen LogP contribution in [0.25, 0.3) is 0 Å². The second kappa shape index (κ2) is 6.32. The Hall–Kier alpha value is -2.17. The van der Waals surface area contributed by atoms with Gasteiger partial charge in [-0.3, -0.25) is 4.79 Å². The van der Waals surface area contributed by atoms with Gasteiger partial charge in [-0.1, -0.05) is 37.2 Å². The van der Waals surface area contributed by atoms with Crippen molar-refractivity contribution in [1.29, 1.82) is 0 Å². The molecule has 2 aromatic rings. The number of carbonyl (C=O) groups excluding carboxylic acids is 1. The molecule has 1 heterocycles. The average molecular weight is 273 g/mol. The van der Waals surface area contributed by atoms with Crippen molar-refractivity contribution in [2.45, 2.75) is 33.6 Å². The third-order valence-corrected chi connectivity index (χ3v) is 2.80. The topological polar surface area (TPSA) is 68.0 Å². The van der Waals surface area contributed by atoms with Crippen LogP contribution in [0.2, 0.25) is 0 Å². The molecule has 0 fully saturated rings. The number of hydrogen-bond acceptors (Lipinski definition) is 4. The number of para-hydroxylation sites is 1. The Bertz CT molecular complexity index is 590. The lowest BCUT2D eigenvalue weighted by atomic mass is 10.1. The maximum absolute atomic E-state index is 11.9. The van der Waals surface area contributed by atoms with Gasteiger partial charge in [0.05, 0.1) is 6.42 Å². The first-order valence-electron chi connectivity index (χ1n) is 6.71. The Balaban J connectivity index is 2.11. The number of hydrogen-bond donors (Lipinski definition) is 1. The van der Waals surface area contributed by atoms with E-state index in [0.29, 0.717) is 30.5 Å². The molecule has 106 valence electrons. The van der Waals surface area contributed by atoms with Crippen LogP contribution in [0.5, 0.6) is 0 Å². The lowest BCUT2D eigenvalue weighted by molar-refractivity contribution is -0.116. The number of aromatic nitrogens is 2. The molecule has 0 bridgehead atoms. The molecule has 0 aliphatic carbocycles. The second-order valence-corrected chi connectivity index (χ2v) is 5.22. The summed E-state index contributed by atoms with van der Waals surface area (Å²) in [7, 11) is 0. The molecular weight excluding hydrogens is 254 g/mol. The molecule has 0 radical (unpaired) electrons. The van der Waals surface area contributed by atoms with Gasteiger partial charge in [-0.2, -0.15) is 4.98 Å². The summed E-state index contributed by atoms with van der Waals surface area (Å²) in [5.74, 6) is 1.52. The largest absolute Gasteiger partial charge is 0.339 e. The van der Waals surface area contributed by atoms with Crippen LogP contribution in [0.1, 0.15) is 37.5 Å². The van der Waals surface area contributed by atoms with Crippen LogP contribution < -0.4 is 5.32 Å². The van der Waals surface area contributed by atoms with Gasteiger partial charge in [0.2, 0.25) is 11.8 Å². The van der Waals surface area contributed by atoms with Crippen LogP contribution >= 0.6 is 0 Å². The van der Waals surface area contributed by atoms with Crippen molar-refractivity contribution in [3.05, 3.63) is 41.5 Å². The Morgan fingerprint density at radius 1 is 1.35 bits per heavy atom. The lowest BCUT2D eigenvalue weighted by Crippen LogP contribution is -2.15. The molecule has 1 amide bonds. The molecule has 0 spiro atoms. The van der Waals surface area contributed by atoms with E-state index >= 15 is 0 Å². The summed E-state index contributed by atoms with van der Waals surface area (Å²) in [6, 6.07) is 7.66. The molecule has 0 saturated heterocycles. The molecule has 0 saturated carbocycles. The zero-order valence-corrected chi connectivity index (χ0v) is 12.0. The van der Waals surface area contributed by atoms with E-state index in [0.717, 1.165) is 11.3 Å². The standard InChI is InChI=1S/C15H19N3O2/c1-10(2)8-14(19)17-13-7-5-4-6-12(13)9-15-16-11(3)18-20-15/h4-7,10H,8-9H2,1-3H3,(H,17,19). The fraction of sp³-hybridized carbons (Fsp3) is 0.400. The first-order valence-corrected chi connectivity index (χ1v) is 6.71. The molecule has 0 unspecified atom stereocenters. The van der Waals surface area contributed by atoms with Crippen LogP contribution in [0, 0.1) is 12.8 Å². The van der Waals surface area contributed by atoms with Gasteiger partial charge in [-0.05, 0) is 24.5 Å². The zero-order chi connectivity index (χ0) is 14.5. The number of aryl methyl sites for hydroxylation is 1. The summed E-state index contributed by atoms with van der Waals surface area (Å²) in [5, 5.41) is 6.71. The number of carbonyl (C=O) groups is 1. The molecule has 1 N–H and O–H groups in total. The van der Waals surface area contributed by atoms with Crippen LogP contribution in [0.3, 0.4) is 0 Å². The number of anilines is 1. The third-order valence-electron chi connectivity index (χ3n) is 2.80. The summed E-state index contributed by atoms with van der Waals surface area (Å²) in [5.41, 5.74) is 1.77. The third kappa shape index (κ3) is 3.91. The van der Waals surface area contributed by atoms with Crippen molar-refractivity contribution in [2.75, 3.05) is 5.32 Å². The number of benzene rings is 1. The van der Waals surface area contributed by atoms with Gasteiger partial charge in [0.25, 0.3) is 0 Å². The molecule has 0 aliphatic heterocycles. The van der Waals surface area contributed by atoms with Gasteiger partial charge in [-0.25, -0.2) is 0 Å². The predicted molar refractivity (Wildman–Crippen MR) is 76.4 cm³/mol. The molecular formula is C15H19N3O2. The van der Waals surface area contributed by atoms with Gasteiger partial charge in [-0.15, -0.1) is 0 Å². The van der Waals surface area contributed by atoms with Gasteiger partial charge >= 0.3 is 0 Å². The lowest BCUT2D eigenvalue weighted by Gasteiger charge is -2.10. The van der Waals surface area contributed by atoms with E-state index in [1.807, 2.05) is 38.1 Å². The first kappa shape index (κ1) is 14.2. The fourth-order valence-corrected chi connectivity index (χ4v) is 1.94. The average Bonchev–Trinajstić information content (AvgIpc) is 2.76. The Kier molecular flexibility index (Phi) is 4.50. The van der Waals surface area contributed by atoms with Crippen molar-refractivity contribution < 1.29 is 9.32 Å².